The van der Waals surface area contributed by atoms with E-state index >= 15 is 0 Å². The number of halogens is 2. The minimum Gasteiger partial charge on any atom is -0.489 e. The van der Waals surface area contributed by atoms with Crippen LogP contribution in [0.5, 0.6) is 5.75 Å². The summed E-state index contributed by atoms with van der Waals surface area (Å²) in [6.07, 6.45) is 8.09. The highest BCUT2D eigenvalue weighted by Crippen LogP contribution is 2.29. The molecule has 0 bridgehead atoms. The number of hydrogen-bond acceptors (Lipinski definition) is 7. The molecule has 1 aliphatic heterocycles. The molecule has 3 aromatic rings. The topological polar surface area (TPSA) is 77.4 Å². The average Bonchev–Trinajstić information content (AvgIpc) is 2.82. The van der Waals surface area contributed by atoms with Crippen molar-refractivity contribution in [1.82, 2.24) is 15.0 Å². The number of pyridine rings is 1. The predicted octanol–water partition coefficient (Wildman–Crippen LogP) is 4.66. The van der Waals surface area contributed by atoms with E-state index in [4.69, 9.17) is 9.47 Å². The molecule has 0 amide bonds. The lowest BCUT2D eigenvalue weighted by molar-refractivity contribution is 0.0526. The summed E-state index contributed by atoms with van der Waals surface area (Å²) in [7, 11) is 0. The third-order valence-corrected chi connectivity index (χ3v) is 5.79. The fourth-order valence-electron chi connectivity index (χ4n) is 3.49. The number of hydrogen-bond donors (Lipinski definition) is 0. The number of nitrogens with zero attached hydrogens (tertiary/aromatic N) is 4. The molecule has 0 saturated carbocycles. The van der Waals surface area contributed by atoms with Crippen molar-refractivity contribution in [2.45, 2.75) is 25.9 Å². The molecule has 1 fully saturated rings. The first-order valence-corrected chi connectivity index (χ1v) is 11.1. The van der Waals surface area contributed by atoms with Gasteiger partial charge in [0.25, 0.3) is 0 Å². The number of piperidine rings is 1. The van der Waals surface area contributed by atoms with Gasteiger partial charge in [-0.3, -0.25) is 9.97 Å². The Morgan fingerprint density at radius 2 is 1.97 bits per heavy atom. The highest BCUT2D eigenvalue weighted by Gasteiger charge is 2.22. The van der Waals surface area contributed by atoms with E-state index in [2.05, 4.69) is 35.8 Å². The van der Waals surface area contributed by atoms with Crippen molar-refractivity contribution in [2.24, 2.45) is 0 Å². The predicted molar refractivity (Wildman–Crippen MR) is 121 cm³/mol. The van der Waals surface area contributed by atoms with Crippen molar-refractivity contribution in [3.63, 3.8) is 0 Å². The number of benzene rings is 1. The molecule has 0 N–H and O–H groups in total. The smallest absolute Gasteiger partial charge is 0.339 e. The van der Waals surface area contributed by atoms with E-state index in [0.29, 0.717) is 29.2 Å². The molecule has 1 aliphatic rings. The molecule has 7 nitrogen and oxygen atoms in total. The van der Waals surface area contributed by atoms with Crippen LogP contribution in [0.1, 0.15) is 30.1 Å². The van der Waals surface area contributed by atoms with Crippen LogP contribution < -0.4 is 9.64 Å². The van der Waals surface area contributed by atoms with E-state index in [1.807, 2.05) is 0 Å². The van der Waals surface area contributed by atoms with E-state index in [1.54, 1.807) is 37.6 Å². The number of aromatic nitrogens is 3. The molecule has 0 spiro atoms. The summed E-state index contributed by atoms with van der Waals surface area (Å²) in [6.45, 7) is 3.57. The van der Waals surface area contributed by atoms with Gasteiger partial charge in [0.15, 0.2) is 0 Å². The number of ether oxygens (including phenoxy) is 2. The molecule has 32 heavy (non-hydrogen) atoms. The van der Waals surface area contributed by atoms with Crippen LogP contribution in [0.4, 0.5) is 10.2 Å². The number of carbonyl (C=O) groups is 1. The Bertz CT molecular complexity index is 1090. The molecule has 0 unspecified atom stereocenters. The maximum Gasteiger partial charge on any atom is 0.339 e. The van der Waals surface area contributed by atoms with Crippen molar-refractivity contribution in [3.05, 3.63) is 64.9 Å². The van der Waals surface area contributed by atoms with E-state index in [0.717, 1.165) is 36.2 Å². The summed E-state index contributed by atoms with van der Waals surface area (Å²) in [5.74, 6) is 0.556. The van der Waals surface area contributed by atoms with E-state index in [9.17, 15) is 9.18 Å². The third kappa shape index (κ3) is 5.21. The summed E-state index contributed by atoms with van der Waals surface area (Å²) < 4.78 is 25.2. The van der Waals surface area contributed by atoms with Crippen LogP contribution in [0, 0.1) is 5.82 Å². The normalized spacial score (nSPS) is 14.3. The first-order chi connectivity index (χ1) is 15.5. The van der Waals surface area contributed by atoms with Crippen molar-refractivity contribution in [2.75, 3.05) is 24.6 Å². The molecule has 3 heterocycles. The van der Waals surface area contributed by atoms with Crippen LogP contribution in [0.15, 0.2) is 53.5 Å². The first kappa shape index (κ1) is 22.1. The van der Waals surface area contributed by atoms with Gasteiger partial charge in [0.1, 0.15) is 23.5 Å². The molecule has 2 aromatic heterocycles. The molecule has 0 atom stereocenters. The molecule has 9 heteroatoms. The molecule has 1 saturated heterocycles. The van der Waals surface area contributed by atoms with Crippen LogP contribution >= 0.6 is 15.9 Å². The first-order valence-electron chi connectivity index (χ1n) is 10.3. The van der Waals surface area contributed by atoms with Gasteiger partial charge in [-0.05, 0) is 41.1 Å². The van der Waals surface area contributed by atoms with Crippen molar-refractivity contribution >= 4 is 27.7 Å². The summed E-state index contributed by atoms with van der Waals surface area (Å²) in [4.78, 5) is 27.2. The monoisotopic (exact) mass is 500 g/mol. The average molecular weight is 501 g/mol. The minimum atomic E-state index is -0.415. The van der Waals surface area contributed by atoms with Crippen LogP contribution in [0.2, 0.25) is 0 Å². The van der Waals surface area contributed by atoms with Gasteiger partial charge in [0, 0.05) is 50.0 Å². The molecular formula is C23H22BrFN4O3. The number of carbonyl (C=O) groups excluding carboxylic acids is 1. The summed E-state index contributed by atoms with van der Waals surface area (Å²) in [5.41, 5.74) is 1.70. The zero-order valence-electron chi connectivity index (χ0n) is 17.5. The molecule has 0 aliphatic carbocycles. The minimum absolute atomic E-state index is 0.00766. The van der Waals surface area contributed by atoms with Crippen LogP contribution in [0.25, 0.3) is 11.3 Å². The van der Waals surface area contributed by atoms with Crippen LogP contribution in [-0.4, -0.2) is 46.7 Å². The number of esters is 1. The standard InChI is InChI=1S/C23H22BrFN4O3/c1-2-31-23(30)16-9-15(11-26-12-16)20-13-28-22(14-27-20)29-7-5-18(6-8-29)32-21-10-17(25)3-4-19(21)24/h3-4,9-14,18H,2,5-8H2,1H3. The Morgan fingerprint density at radius 1 is 1.16 bits per heavy atom. The Labute approximate surface area is 193 Å². The Hall–Kier alpha value is -3.07. The van der Waals surface area contributed by atoms with E-state index in [-0.39, 0.29) is 11.9 Å². The highest BCUT2D eigenvalue weighted by atomic mass is 79.9. The Balaban J connectivity index is 1.38. The van der Waals surface area contributed by atoms with Gasteiger partial charge >= 0.3 is 5.97 Å². The van der Waals surface area contributed by atoms with Gasteiger partial charge in [-0.1, -0.05) is 0 Å². The van der Waals surface area contributed by atoms with Gasteiger partial charge in [-0.25, -0.2) is 14.2 Å². The quantitative estimate of drug-likeness (QED) is 0.455. The number of rotatable bonds is 6. The SMILES string of the molecule is CCOC(=O)c1cncc(-c2cnc(N3CCC(Oc4cc(F)ccc4Br)CC3)cn2)c1. The molecule has 1 aromatic carbocycles. The van der Waals surface area contributed by atoms with Crippen LogP contribution in [-0.2, 0) is 4.74 Å². The van der Waals surface area contributed by atoms with Gasteiger partial charge in [0.05, 0.1) is 34.7 Å². The second-order valence-electron chi connectivity index (χ2n) is 7.32. The maximum absolute atomic E-state index is 13.5. The molecule has 0 radical (unpaired) electrons. The maximum atomic E-state index is 13.5. The Kier molecular flexibility index (Phi) is 6.94. The summed E-state index contributed by atoms with van der Waals surface area (Å²) in [5, 5.41) is 0. The van der Waals surface area contributed by atoms with E-state index < -0.39 is 5.97 Å². The third-order valence-electron chi connectivity index (χ3n) is 5.14. The lowest BCUT2D eigenvalue weighted by Crippen LogP contribution is -2.38. The second kappa shape index (κ2) is 10.0. The van der Waals surface area contributed by atoms with Crippen molar-refractivity contribution < 1.29 is 18.7 Å². The highest BCUT2D eigenvalue weighted by molar-refractivity contribution is 9.10. The van der Waals surface area contributed by atoms with Crippen molar-refractivity contribution in [3.8, 4) is 17.0 Å². The molecular weight excluding hydrogens is 479 g/mol. The zero-order valence-corrected chi connectivity index (χ0v) is 19.1. The van der Waals surface area contributed by atoms with Gasteiger partial charge in [-0.2, -0.15) is 0 Å². The van der Waals surface area contributed by atoms with Crippen molar-refractivity contribution in [1.29, 1.82) is 0 Å². The zero-order chi connectivity index (χ0) is 22.5. The summed E-state index contributed by atoms with van der Waals surface area (Å²) in [6, 6.07) is 6.13. The van der Waals surface area contributed by atoms with Gasteiger partial charge < -0.3 is 14.4 Å². The lowest BCUT2D eigenvalue weighted by atomic mass is 10.1. The van der Waals surface area contributed by atoms with Gasteiger partial charge in [0.2, 0.25) is 0 Å². The summed E-state index contributed by atoms with van der Waals surface area (Å²) >= 11 is 3.40. The largest absolute Gasteiger partial charge is 0.489 e. The molecule has 4 rings (SSSR count). The van der Waals surface area contributed by atoms with E-state index in [1.165, 1.54) is 18.3 Å². The second-order valence-corrected chi connectivity index (χ2v) is 8.18. The van der Waals surface area contributed by atoms with Gasteiger partial charge in [-0.15, -0.1) is 0 Å². The van der Waals surface area contributed by atoms with Crippen LogP contribution in [0.3, 0.4) is 0 Å². The molecule has 166 valence electrons. The lowest BCUT2D eigenvalue weighted by Gasteiger charge is -2.33. The Morgan fingerprint density at radius 3 is 2.69 bits per heavy atom. The fraction of sp³-hybridized carbons (Fsp3) is 0.304. The fourth-order valence-corrected chi connectivity index (χ4v) is 3.83. The number of anilines is 1.